The Balaban J connectivity index is 0.000000397. The van der Waals surface area contributed by atoms with Crippen LogP contribution < -0.4 is 15.8 Å². The number of primary amides is 1. The number of benzene rings is 2. The molecule has 3 rings (SSSR count). The van der Waals surface area contributed by atoms with Crippen LogP contribution in [0.2, 0.25) is 0 Å². The summed E-state index contributed by atoms with van der Waals surface area (Å²) in [6, 6.07) is 16.9. The standard InChI is InChI=1S/C18H15NO3.C4H9NO/c19-18(21)12-16(20)9-6-14-7-10-17(11-8-14)22-13-15-4-2-1-3-5-15;1-3-6-4-2-5-1/h1-5,7-8,10-11H,12-13H2,(H2,19,21);5H,1-4H2. The zero-order valence-electron chi connectivity index (χ0n) is 15.6. The van der Waals surface area contributed by atoms with Gasteiger partial charge in [-0.2, -0.15) is 0 Å². The van der Waals surface area contributed by atoms with Crippen LogP contribution in [-0.4, -0.2) is 38.0 Å². The van der Waals surface area contributed by atoms with Gasteiger partial charge in [-0.3, -0.25) is 9.59 Å². The molecular weight excluding hydrogens is 356 g/mol. The average Bonchev–Trinajstić information content (AvgIpc) is 2.73. The molecule has 0 saturated carbocycles. The van der Waals surface area contributed by atoms with Crippen LogP contribution >= 0.6 is 0 Å². The van der Waals surface area contributed by atoms with Crippen LogP contribution in [0.1, 0.15) is 17.5 Å². The van der Waals surface area contributed by atoms with Crippen molar-refractivity contribution >= 4 is 11.7 Å². The predicted molar refractivity (Wildman–Crippen MR) is 107 cm³/mol. The van der Waals surface area contributed by atoms with Crippen molar-refractivity contribution in [3.8, 4) is 17.6 Å². The summed E-state index contributed by atoms with van der Waals surface area (Å²) in [5.41, 5.74) is 6.68. The lowest BCUT2D eigenvalue weighted by Gasteiger charge is -2.10. The van der Waals surface area contributed by atoms with E-state index in [4.69, 9.17) is 15.2 Å². The number of hydrogen-bond donors (Lipinski definition) is 2. The van der Waals surface area contributed by atoms with Crippen molar-refractivity contribution in [3.63, 3.8) is 0 Å². The van der Waals surface area contributed by atoms with Gasteiger partial charge < -0.3 is 20.5 Å². The number of carbonyl (C=O) groups is 2. The second kappa shape index (κ2) is 12.3. The highest BCUT2D eigenvalue weighted by atomic mass is 16.5. The monoisotopic (exact) mass is 380 g/mol. The van der Waals surface area contributed by atoms with Crippen LogP contribution in [0.25, 0.3) is 0 Å². The summed E-state index contributed by atoms with van der Waals surface area (Å²) in [6.45, 7) is 4.32. The zero-order chi connectivity index (χ0) is 20.0. The lowest BCUT2D eigenvalue weighted by molar-refractivity contribution is -0.123. The molecule has 146 valence electrons. The Morgan fingerprint density at radius 1 is 1.04 bits per heavy atom. The molecule has 0 unspecified atom stereocenters. The summed E-state index contributed by atoms with van der Waals surface area (Å²) in [6.07, 6.45) is -0.356. The van der Waals surface area contributed by atoms with E-state index < -0.39 is 11.7 Å². The normalized spacial score (nSPS) is 12.6. The maximum absolute atomic E-state index is 11.3. The van der Waals surface area contributed by atoms with E-state index in [0.717, 1.165) is 37.6 Å². The Morgan fingerprint density at radius 3 is 2.25 bits per heavy atom. The van der Waals surface area contributed by atoms with Crippen LogP contribution in [-0.2, 0) is 20.9 Å². The maximum Gasteiger partial charge on any atom is 0.225 e. The summed E-state index contributed by atoms with van der Waals surface area (Å²) >= 11 is 0. The number of ketones is 1. The van der Waals surface area contributed by atoms with E-state index in [9.17, 15) is 9.59 Å². The lowest BCUT2D eigenvalue weighted by Crippen LogP contribution is -2.30. The number of hydrogen-bond acceptors (Lipinski definition) is 5. The van der Waals surface area contributed by atoms with Crippen LogP contribution in [0.3, 0.4) is 0 Å². The van der Waals surface area contributed by atoms with Crippen molar-refractivity contribution in [2.45, 2.75) is 13.0 Å². The molecule has 2 aromatic carbocycles. The van der Waals surface area contributed by atoms with Gasteiger partial charge in [0.2, 0.25) is 11.7 Å². The molecule has 1 aliphatic rings. The number of rotatable bonds is 5. The molecule has 0 atom stereocenters. The number of nitrogens with one attached hydrogen (secondary N) is 1. The number of amides is 1. The van der Waals surface area contributed by atoms with Gasteiger partial charge in [0, 0.05) is 18.7 Å². The van der Waals surface area contributed by atoms with Gasteiger partial charge in [-0.05, 0) is 35.7 Å². The van der Waals surface area contributed by atoms with Gasteiger partial charge in [-0.15, -0.1) is 0 Å². The van der Waals surface area contributed by atoms with Gasteiger partial charge in [-0.1, -0.05) is 36.3 Å². The second-order valence-electron chi connectivity index (χ2n) is 5.98. The Hall–Kier alpha value is -3.14. The first kappa shape index (κ1) is 21.2. The lowest BCUT2D eigenvalue weighted by atomic mass is 10.2. The zero-order valence-corrected chi connectivity index (χ0v) is 15.6. The van der Waals surface area contributed by atoms with Gasteiger partial charge in [0.25, 0.3) is 0 Å². The van der Waals surface area contributed by atoms with E-state index in [2.05, 4.69) is 17.2 Å². The van der Waals surface area contributed by atoms with Gasteiger partial charge >= 0.3 is 0 Å². The summed E-state index contributed by atoms with van der Waals surface area (Å²) in [4.78, 5) is 21.8. The number of carbonyl (C=O) groups excluding carboxylic acids is 2. The topological polar surface area (TPSA) is 90.6 Å². The molecule has 0 aromatic heterocycles. The van der Waals surface area contributed by atoms with Gasteiger partial charge in [-0.25, -0.2) is 0 Å². The van der Waals surface area contributed by atoms with E-state index in [-0.39, 0.29) is 6.42 Å². The molecule has 0 bridgehead atoms. The average molecular weight is 380 g/mol. The van der Waals surface area contributed by atoms with Crippen LogP contribution in [0.15, 0.2) is 54.6 Å². The predicted octanol–water partition coefficient (Wildman–Crippen LogP) is 1.67. The Kier molecular flexibility index (Phi) is 9.28. The van der Waals surface area contributed by atoms with Gasteiger partial charge in [0.15, 0.2) is 0 Å². The largest absolute Gasteiger partial charge is 0.489 e. The van der Waals surface area contributed by atoms with Crippen LogP contribution in [0.4, 0.5) is 0 Å². The third-order valence-electron chi connectivity index (χ3n) is 3.63. The molecule has 28 heavy (non-hydrogen) atoms. The number of morpholine rings is 1. The molecule has 1 fully saturated rings. The molecule has 1 aliphatic heterocycles. The summed E-state index contributed by atoms with van der Waals surface area (Å²) in [7, 11) is 0. The molecule has 0 spiro atoms. The van der Waals surface area contributed by atoms with Crippen molar-refractivity contribution in [2.24, 2.45) is 5.73 Å². The van der Waals surface area contributed by atoms with E-state index in [0.29, 0.717) is 12.2 Å². The Morgan fingerprint density at radius 2 is 1.71 bits per heavy atom. The highest BCUT2D eigenvalue weighted by Gasteiger charge is 2.01. The molecule has 2 aromatic rings. The smallest absolute Gasteiger partial charge is 0.225 e. The fraction of sp³-hybridized carbons (Fsp3) is 0.273. The Bertz CT molecular complexity index is 792. The van der Waals surface area contributed by atoms with Crippen LogP contribution in [0.5, 0.6) is 5.75 Å². The quantitative estimate of drug-likeness (QED) is 0.608. The first-order valence-electron chi connectivity index (χ1n) is 9.02. The molecule has 0 radical (unpaired) electrons. The first-order valence-corrected chi connectivity index (χ1v) is 9.02. The minimum absolute atomic E-state index is 0.356. The van der Waals surface area contributed by atoms with Gasteiger partial charge in [0.1, 0.15) is 12.4 Å². The number of Topliss-reactive ketones (excluding diaryl/α,β-unsaturated/α-hetero) is 1. The van der Waals surface area contributed by atoms with Crippen molar-refractivity contribution in [1.29, 1.82) is 0 Å². The molecule has 6 heteroatoms. The van der Waals surface area contributed by atoms with Crippen molar-refractivity contribution in [3.05, 3.63) is 65.7 Å². The highest BCUT2D eigenvalue weighted by Crippen LogP contribution is 2.13. The molecule has 0 aliphatic carbocycles. The van der Waals surface area contributed by atoms with Gasteiger partial charge in [0.05, 0.1) is 19.6 Å². The van der Waals surface area contributed by atoms with E-state index >= 15 is 0 Å². The summed E-state index contributed by atoms with van der Waals surface area (Å²) in [5, 5.41) is 3.16. The maximum atomic E-state index is 11.3. The fourth-order valence-electron chi connectivity index (χ4n) is 2.24. The van der Waals surface area contributed by atoms with Crippen LogP contribution in [0, 0.1) is 11.8 Å². The fourth-order valence-corrected chi connectivity index (χ4v) is 2.24. The number of nitrogens with two attached hydrogens (primary N) is 1. The second-order valence-corrected chi connectivity index (χ2v) is 5.98. The third kappa shape index (κ3) is 8.99. The minimum Gasteiger partial charge on any atom is -0.489 e. The highest BCUT2D eigenvalue weighted by molar-refractivity contribution is 6.06. The first-order chi connectivity index (χ1) is 13.6. The number of ether oxygens (including phenoxy) is 2. The molecule has 6 nitrogen and oxygen atoms in total. The van der Waals surface area contributed by atoms with Crippen molar-refractivity contribution in [1.82, 2.24) is 5.32 Å². The molecular formula is C22H24N2O4. The molecule has 3 N–H and O–H groups in total. The summed E-state index contributed by atoms with van der Waals surface area (Å²) in [5.74, 6) is 4.62. The molecule has 1 amide bonds. The van der Waals surface area contributed by atoms with Crippen molar-refractivity contribution < 1.29 is 19.1 Å². The van der Waals surface area contributed by atoms with E-state index in [1.54, 1.807) is 24.3 Å². The Labute approximate surface area is 165 Å². The van der Waals surface area contributed by atoms with E-state index in [1.165, 1.54) is 0 Å². The molecule has 1 heterocycles. The SMILES string of the molecule is C1COCCN1.NC(=O)CC(=O)C#Cc1ccc(OCc2ccccc2)cc1. The van der Waals surface area contributed by atoms with E-state index in [1.807, 2.05) is 30.3 Å². The summed E-state index contributed by atoms with van der Waals surface area (Å²) < 4.78 is 10.7. The third-order valence-corrected chi connectivity index (χ3v) is 3.63. The van der Waals surface area contributed by atoms with Crippen molar-refractivity contribution in [2.75, 3.05) is 26.3 Å². The minimum atomic E-state index is -0.677. The molecule has 1 saturated heterocycles.